The van der Waals surface area contributed by atoms with Gasteiger partial charge in [0.25, 0.3) is 0 Å². The highest BCUT2D eigenvalue weighted by molar-refractivity contribution is 5.98. The molecule has 0 saturated carbocycles. The van der Waals surface area contributed by atoms with Crippen LogP contribution in [-0.4, -0.2) is 18.2 Å². The molecule has 1 amide bonds. The monoisotopic (exact) mass is 281 g/mol. The molecular weight excluding hydrogens is 262 g/mol. The molecule has 0 radical (unpaired) electrons. The summed E-state index contributed by atoms with van der Waals surface area (Å²) >= 11 is 0. The molecule has 21 heavy (non-hydrogen) atoms. The van der Waals surface area contributed by atoms with E-state index in [-0.39, 0.29) is 24.5 Å². The van der Waals surface area contributed by atoms with Gasteiger partial charge in [0.2, 0.25) is 5.91 Å². The van der Waals surface area contributed by atoms with E-state index < -0.39 is 0 Å². The van der Waals surface area contributed by atoms with Crippen LogP contribution in [-0.2, 0) is 4.79 Å². The minimum atomic E-state index is -0.0771. The van der Waals surface area contributed by atoms with Gasteiger partial charge in [0.05, 0.1) is 0 Å². The van der Waals surface area contributed by atoms with Gasteiger partial charge in [-0.2, -0.15) is 0 Å². The van der Waals surface area contributed by atoms with Crippen LogP contribution in [0.2, 0.25) is 0 Å². The first-order chi connectivity index (χ1) is 10.2. The predicted molar refractivity (Wildman–Crippen MR) is 84.1 cm³/mol. The molecule has 0 bridgehead atoms. The summed E-state index contributed by atoms with van der Waals surface area (Å²) < 4.78 is 0. The lowest BCUT2D eigenvalue weighted by molar-refractivity contribution is -0.120. The van der Waals surface area contributed by atoms with E-state index in [1.54, 1.807) is 0 Å². The molecule has 3 heteroatoms. The summed E-state index contributed by atoms with van der Waals surface area (Å²) in [5.41, 5.74) is 2.86. The van der Waals surface area contributed by atoms with Gasteiger partial charge in [-0.25, -0.2) is 0 Å². The van der Waals surface area contributed by atoms with Crippen LogP contribution in [0.1, 0.15) is 30.1 Å². The van der Waals surface area contributed by atoms with Crippen LogP contribution >= 0.6 is 0 Å². The van der Waals surface area contributed by atoms with Crippen molar-refractivity contribution in [3.8, 4) is 11.1 Å². The van der Waals surface area contributed by atoms with Gasteiger partial charge < -0.3 is 5.32 Å². The van der Waals surface area contributed by atoms with Gasteiger partial charge in [0.15, 0.2) is 5.78 Å². The van der Waals surface area contributed by atoms with Crippen molar-refractivity contribution in [2.45, 2.75) is 19.8 Å². The number of hydrogen-bond acceptors (Lipinski definition) is 2. The van der Waals surface area contributed by atoms with E-state index in [9.17, 15) is 9.59 Å². The molecule has 0 spiro atoms. The molecule has 0 aliphatic carbocycles. The lowest BCUT2D eigenvalue weighted by Gasteiger charge is -2.04. The van der Waals surface area contributed by atoms with Crippen LogP contribution in [0.15, 0.2) is 54.6 Å². The molecule has 0 aliphatic heterocycles. The van der Waals surface area contributed by atoms with Crippen molar-refractivity contribution in [1.82, 2.24) is 5.32 Å². The highest BCUT2D eigenvalue weighted by Crippen LogP contribution is 2.19. The van der Waals surface area contributed by atoms with E-state index in [1.165, 1.54) is 0 Å². The minimum Gasteiger partial charge on any atom is -0.356 e. The van der Waals surface area contributed by atoms with Crippen LogP contribution in [0.3, 0.4) is 0 Å². The fraction of sp³-hybridized carbons (Fsp3) is 0.222. The Morgan fingerprint density at radius 1 is 0.857 bits per heavy atom. The summed E-state index contributed by atoms with van der Waals surface area (Å²) in [7, 11) is 0. The van der Waals surface area contributed by atoms with E-state index in [0.717, 1.165) is 11.1 Å². The Bertz CT molecular complexity index is 603. The second-order valence-corrected chi connectivity index (χ2v) is 4.82. The number of Topliss-reactive ketones (excluding diaryl/α,β-unsaturated/α-hetero) is 1. The Balaban J connectivity index is 1.99. The normalized spacial score (nSPS) is 10.1. The van der Waals surface area contributed by atoms with Gasteiger partial charge in [-0.15, -0.1) is 0 Å². The number of benzene rings is 2. The zero-order valence-electron chi connectivity index (χ0n) is 12.1. The number of nitrogens with one attached hydrogen (secondary N) is 1. The van der Waals surface area contributed by atoms with Crippen molar-refractivity contribution in [3.05, 3.63) is 60.2 Å². The number of rotatable bonds is 6. The third-order valence-electron chi connectivity index (χ3n) is 3.27. The van der Waals surface area contributed by atoms with Crippen molar-refractivity contribution in [2.24, 2.45) is 0 Å². The highest BCUT2D eigenvalue weighted by atomic mass is 16.2. The molecule has 0 fully saturated rings. The van der Waals surface area contributed by atoms with Crippen LogP contribution < -0.4 is 5.32 Å². The molecule has 0 heterocycles. The Kier molecular flexibility index (Phi) is 5.27. The van der Waals surface area contributed by atoms with Crippen molar-refractivity contribution in [1.29, 1.82) is 0 Å². The average Bonchev–Trinajstić information content (AvgIpc) is 2.54. The quantitative estimate of drug-likeness (QED) is 0.824. The molecule has 0 unspecified atom stereocenters. The number of ketones is 1. The molecule has 0 atom stereocenters. The number of hydrogen-bond donors (Lipinski definition) is 1. The summed E-state index contributed by atoms with van der Waals surface area (Å²) in [5, 5.41) is 2.69. The van der Waals surface area contributed by atoms with Crippen LogP contribution in [0.4, 0.5) is 0 Å². The Hall–Kier alpha value is -2.42. The molecule has 0 saturated heterocycles. The first-order valence-corrected chi connectivity index (χ1v) is 7.16. The van der Waals surface area contributed by atoms with Crippen LogP contribution in [0.25, 0.3) is 11.1 Å². The predicted octanol–water partition coefficient (Wildman–Crippen LogP) is 3.45. The maximum atomic E-state index is 12.0. The zero-order valence-corrected chi connectivity index (χ0v) is 12.1. The fourth-order valence-corrected chi connectivity index (χ4v) is 2.14. The van der Waals surface area contributed by atoms with Crippen LogP contribution in [0.5, 0.6) is 0 Å². The van der Waals surface area contributed by atoms with E-state index in [0.29, 0.717) is 12.1 Å². The molecule has 2 rings (SSSR count). The van der Waals surface area contributed by atoms with Gasteiger partial charge in [0, 0.05) is 24.9 Å². The first kappa shape index (κ1) is 15.0. The lowest BCUT2D eigenvalue weighted by atomic mass is 10.0. The van der Waals surface area contributed by atoms with Gasteiger partial charge >= 0.3 is 0 Å². The van der Waals surface area contributed by atoms with E-state index in [4.69, 9.17) is 0 Å². The second kappa shape index (κ2) is 7.39. The standard InChI is InChI=1S/C18H19NO2/c1-2-19-18(21)13-12-17(20)16-10-8-15(9-11-16)14-6-4-3-5-7-14/h3-11H,2,12-13H2,1H3,(H,19,21). The molecule has 0 aromatic heterocycles. The minimum absolute atomic E-state index is 0.000801. The second-order valence-electron chi connectivity index (χ2n) is 4.82. The molecule has 2 aromatic rings. The lowest BCUT2D eigenvalue weighted by Crippen LogP contribution is -2.23. The average molecular weight is 281 g/mol. The van der Waals surface area contributed by atoms with Crippen molar-refractivity contribution < 1.29 is 9.59 Å². The van der Waals surface area contributed by atoms with E-state index in [2.05, 4.69) is 5.32 Å². The molecule has 2 aromatic carbocycles. The molecular formula is C18H19NO2. The van der Waals surface area contributed by atoms with Crippen molar-refractivity contribution in [2.75, 3.05) is 6.54 Å². The van der Waals surface area contributed by atoms with E-state index >= 15 is 0 Å². The third-order valence-corrected chi connectivity index (χ3v) is 3.27. The summed E-state index contributed by atoms with van der Waals surface area (Å²) in [6, 6.07) is 17.5. The van der Waals surface area contributed by atoms with Gasteiger partial charge in [-0.1, -0.05) is 54.6 Å². The summed E-state index contributed by atoms with van der Waals surface area (Å²) in [5.74, 6) is -0.0763. The molecule has 1 N–H and O–H groups in total. The SMILES string of the molecule is CCNC(=O)CCC(=O)c1ccc(-c2ccccc2)cc1. The molecule has 108 valence electrons. The van der Waals surface area contributed by atoms with Crippen molar-refractivity contribution >= 4 is 11.7 Å². The number of amides is 1. The summed E-state index contributed by atoms with van der Waals surface area (Å²) in [6.45, 7) is 2.46. The summed E-state index contributed by atoms with van der Waals surface area (Å²) in [4.78, 5) is 23.4. The fourth-order valence-electron chi connectivity index (χ4n) is 2.14. The van der Waals surface area contributed by atoms with Gasteiger partial charge in [-0.3, -0.25) is 9.59 Å². The van der Waals surface area contributed by atoms with Crippen molar-refractivity contribution in [3.63, 3.8) is 0 Å². The smallest absolute Gasteiger partial charge is 0.220 e. The van der Waals surface area contributed by atoms with Crippen LogP contribution in [0, 0.1) is 0 Å². The third kappa shape index (κ3) is 4.28. The van der Waals surface area contributed by atoms with E-state index in [1.807, 2.05) is 61.5 Å². The highest BCUT2D eigenvalue weighted by Gasteiger charge is 2.09. The zero-order chi connectivity index (χ0) is 15.1. The Morgan fingerprint density at radius 2 is 1.48 bits per heavy atom. The molecule has 0 aliphatic rings. The molecule has 3 nitrogen and oxygen atoms in total. The topological polar surface area (TPSA) is 46.2 Å². The summed E-state index contributed by atoms with van der Waals surface area (Å²) in [6.07, 6.45) is 0.490. The Morgan fingerprint density at radius 3 is 2.10 bits per heavy atom. The number of carbonyl (C=O) groups is 2. The number of carbonyl (C=O) groups excluding carboxylic acids is 2. The Labute approximate surface area is 125 Å². The first-order valence-electron chi connectivity index (χ1n) is 7.16. The maximum Gasteiger partial charge on any atom is 0.220 e. The maximum absolute atomic E-state index is 12.0. The van der Waals surface area contributed by atoms with Gasteiger partial charge in [-0.05, 0) is 18.1 Å². The largest absolute Gasteiger partial charge is 0.356 e. The van der Waals surface area contributed by atoms with Gasteiger partial charge in [0.1, 0.15) is 0 Å².